The molecule has 0 aromatic heterocycles. The molecule has 0 heterocycles. The largest absolute Gasteiger partial charge is 0.450 e. The van der Waals surface area contributed by atoms with Crippen molar-refractivity contribution in [2.75, 3.05) is 0 Å². The van der Waals surface area contributed by atoms with Gasteiger partial charge in [0, 0.05) is 22.8 Å². The van der Waals surface area contributed by atoms with Crippen LogP contribution in [0.25, 0.3) is 0 Å². The van der Waals surface area contributed by atoms with E-state index >= 15 is 0 Å². The summed E-state index contributed by atoms with van der Waals surface area (Å²) in [6.07, 6.45) is 0.656. The molecule has 0 unspecified atom stereocenters. The quantitative estimate of drug-likeness (QED) is 0.285. The van der Waals surface area contributed by atoms with E-state index in [0.29, 0.717) is 23.2 Å². The number of rotatable bonds is 6. The molecule has 0 aliphatic rings. The number of carbonyl (C=O) groups is 2. The maximum atomic E-state index is 12.5. The van der Waals surface area contributed by atoms with Gasteiger partial charge >= 0.3 is 5.69 Å². The molecule has 6 heteroatoms. The predicted octanol–water partition coefficient (Wildman–Crippen LogP) is 4.43. The van der Waals surface area contributed by atoms with Crippen molar-refractivity contribution in [3.63, 3.8) is 0 Å². The van der Waals surface area contributed by atoms with Gasteiger partial charge in [-0.3, -0.25) is 19.7 Å². The van der Waals surface area contributed by atoms with Crippen LogP contribution < -0.4 is 4.74 Å². The van der Waals surface area contributed by atoms with Crippen LogP contribution in [0.1, 0.15) is 26.3 Å². The van der Waals surface area contributed by atoms with Crippen LogP contribution in [0.5, 0.6) is 11.5 Å². The molecule has 0 spiro atoms. The van der Waals surface area contributed by atoms with Crippen molar-refractivity contribution in [3.8, 4) is 11.5 Å². The van der Waals surface area contributed by atoms with Crippen LogP contribution in [0.2, 0.25) is 0 Å². The van der Waals surface area contributed by atoms with Gasteiger partial charge in [-0.1, -0.05) is 42.5 Å². The molecule has 0 aliphatic carbocycles. The summed E-state index contributed by atoms with van der Waals surface area (Å²) in [7, 11) is 0. The lowest BCUT2D eigenvalue weighted by Gasteiger charge is -2.08. The maximum absolute atomic E-state index is 12.5. The van der Waals surface area contributed by atoms with Crippen LogP contribution >= 0.6 is 0 Å². The Morgan fingerprint density at radius 3 is 2.38 bits per heavy atom. The molecule has 3 aromatic rings. The van der Waals surface area contributed by atoms with Crippen LogP contribution in [0.4, 0.5) is 5.69 Å². The lowest BCUT2D eigenvalue weighted by molar-refractivity contribution is -0.385. The van der Waals surface area contributed by atoms with Crippen molar-refractivity contribution < 1.29 is 19.2 Å². The van der Waals surface area contributed by atoms with E-state index in [9.17, 15) is 19.7 Å². The van der Waals surface area contributed by atoms with Crippen LogP contribution in [0.3, 0.4) is 0 Å². The van der Waals surface area contributed by atoms with E-state index in [1.165, 1.54) is 24.3 Å². The minimum Gasteiger partial charge on any atom is -0.450 e. The zero-order chi connectivity index (χ0) is 18.5. The third-order valence-corrected chi connectivity index (χ3v) is 3.68. The highest BCUT2D eigenvalue weighted by Gasteiger charge is 2.20. The second-order valence-electron chi connectivity index (χ2n) is 5.43. The van der Waals surface area contributed by atoms with E-state index in [0.717, 1.165) is 0 Å². The lowest BCUT2D eigenvalue weighted by atomic mass is 10.0. The van der Waals surface area contributed by atoms with Gasteiger partial charge in [0.25, 0.3) is 0 Å². The molecule has 3 aromatic carbocycles. The molecule has 3 rings (SSSR count). The summed E-state index contributed by atoms with van der Waals surface area (Å²) in [5.74, 6) is -0.0364. The molecule has 0 saturated carbocycles. The van der Waals surface area contributed by atoms with Crippen LogP contribution in [-0.4, -0.2) is 17.0 Å². The van der Waals surface area contributed by atoms with Gasteiger partial charge in [0.1, 0.15) is 12.0 Å². The summed E-state index contributed by atoms with van der Waals surface area (Å²) >= 11 is 0. The van der Waals surface area contributed by atoms with Crippen LogP contribution in [0.15, 0.2) is 72.8 Å². The summed E-state index contributed by atoms with van der Waals surface area (Å²) in [6, 6.07) is 18.8. The first-order valence-corrected chi connectivity index (χ1v) is 7.70. The number of hydrogen-bond donors (Lipinski definition) is 0. The summed E-state index contributed by atoms with van der Waals surface area (Å²) in [6.45, 7) is 0. The highest BCUT2D eigenvalue weighted by Crippen LogP contribution is 2.33. The summed E-state index contributed by atoms with van der Waals surface area (Å²) in [5, 5.41) is 11.4. The molecule has 0 radical (unpaired) electrons. The molecule has 0 bridgehead atoms. The van der Waals surface area contributed by atoms with Crippen molar-refractivity contribution in [2.24, 2.45) is 0 Å². The van der Waals surface area contributed by atoms with Crippen LogP contribution in [-0.2, 0) is 0 Å². The first-order chi connectivity index (χ1) is 12.6. The van der Waals surface area contributed by atoms with Crippen LogP contribution in [0, 0.1) is 10.1 Å². The summed E-state index contributed by atoms with van der Waals surface area (Å²) < 4.78 is 5.54. The molecule has 0 aliphatic heterocycles. The molecule has 0 amide bonds. The fraction of sp³-hybridized carbons (Fsp3) is 0. The van der Waals surface area contributed by atoms with Crippen molar-refractivity contribution >= 4 is 17.8 Å². The van der Waals surface area contributed by atoms with Gasteiger partial charge in [0.05, 0.1) is 4.92 Å². The molecule has 26 heavy (non-hydrogen) atoms. The summed E-state index contributed by atoms with van der Waals surface area (Å²) in [5.41, 5.74) is 0.690. The molecular weight excluding hydrogens is 334 g/mol. The lowest BCUT2D eigenvalue weighted by Crippen LogP contribution is -2.03. The van der Waals surface area contributed by atoms with Gasteiger partial charge in [-0.15, -0.1) is 0 Å². The Hall–Kier alpha value is -3.80. The number of nitro groups is 1. The molecular formula is C20H13NO5. The average Bonchev–Trinajstić information content (AvgIpc) is 2.68. The van der Waals surface area contributed by atoms with Crippen molar-refractivity contribution in [1.29, 1.82) is 0 Å². The number of aldehydes is 1. The van der Waals surface area contributed by atoms with E-state index < -0.39 is 4.92 Å². The Bertz CT molecular complexity index is 983. The smallest absolute Gasteiger partial charge is 0.312 e. The number of nitrogens with zero attached hydrogens (tertiary/aromatic N) is 1. The number of carbonyl (C=O) groups excluding carboxylic acids is 2. The Balaban J connectivity index is 1.95. The van der Waals surface area contributed by atoms with Crippen molar-refractivity contribution in [1.82, 2.24) is 0 Å². The predicted molar refractivity (Wildman–Crippen MR) is 94.9 cm³/mol. The van der Waals surface area contributed by atoms with E-state index in [4.69, 9.17) is 4.74 Å². The first kappa shape index (κ1) is 17.0. The van der Waals surface area contributed by atoms with E-state index in [-0.39, 0.29) is 22.8 Å². The molecule has 0 saturated heterocycles. The van der Waals surface area contributed by atoms with Crippen molar-refractivity contribution in [3.05, 3.63) is 99.6 Å². The Kier molecular flexibility index (Phi) is 4.85. The third-order valence-electron chi connectivity index (χ3n) is 3.68. The number of nitro benzene ring substituents is 1. The van der Waals surface area contributed by atoms with E-state index in [1.54, 1.807) is 48.5 Å². The molecule has 0 fully saturated rings. The fourth-order valence-electron chi connectivity index (χ4n) is 2.42. The number of hydrogen-bond acceptors (Lipinski definition) is 5. The number of ether oxygens (including phenoxy) is 1. The zero-order valence-electron chi connectivity index (χ0n) is 13.5. The Labute approximate surface area is 148 Å². The molecule has 0 atom stereocenters. The van der Waals surface area contributed by atoms with Gasteiger partial charge in [-0.05, 0) is 24.3 Å². The second kappa shape index (κ2) is 7.40. The monoisotopic (exact) mass is 347 g/mol. The number of benzene rings is 3. The van der Waals surface area contributed by atoms with Gasteiger partial charge in [0.2, 0.25) is 5.75 Å². The third kappa shape index (κ3) is 3.64. The number of ketones is 1. The van der Waals surface area contributed by atoms with Crippen molar-refractivity contribution in [2.45, 2.75) is 0 Å². The average molecular weight is 347 g/mol. The van der Waals surface area contributed by atoms with E-state index in [1.807, 2.05) is 0 Å². The van der Waals surface area contributed by atoms with Gasteiger partial charge in [0.15, 0.2) is 5.78 Å². The molecule has 128 valence electrons. The van der Waals surface area contributed by atoms with E-state index in [2.05, 4.69) is 0 Å². The van der Waals surface area contributed by atoms with Gasteiger partial charge in [-0.2, -0.15) is 0 Å². The highest BCUT2D eigenvalue weighted by molar-refractivity contribution is 6.09. The Morgan fingerprint density at radius 2 is 1.69 bits per heavy atom. The van der Waals surface area contributed by atoms with Gasteiger partial charge < -0.3 is 4.74 Å². The fourth-order valence-corrected chi connectivity index (χ4v) is 2.42. The Morgan fingerprint density at radius 1 is 0.923 bits per heavy atom. The maximum Gasteiger partial charge on any atom is 0.312 e. The SMILES string of the molecule is O=Cc1cccc(Oc2ccc(C(=O)c3ccccc3)cc2[N+](=O)[O-])c1. The van der Waals surface area contributed by atoms with Gasteiger partial charge in [-0.25, -0.2) is 0 Å². The second-order valence-corrected chi connectivity index (χ2v) is 5.43. The minimum atomic E-state index is -0.610. The minimum absolute atomic E-state index is 0.0114. The molecule has 0 N–H and O–H groups in total. The topological polar surface area (TPSA) is 86.5 Å². The zero-order valence-corrected chi connectivity index (χ0v) is 13.5. The standard InChI is InChI=1S/C20H13NO5/c22-13-14-5-4-8-17(11-14)26-19-10-9-16(12-18(19)21(24)25)20(23)15-6-2-1-3-7-15/h1-13H. The summed E-state index contributed by atoms with van der Waals surface area (Å²) in [4.78, 5) is 34.1. The first-order valence-electron chi connectivity index (χ1n) is 7.70. The normalized spacial score (nSPS) is 10.2. The highest BCUT2D eigenvalue weighted by atomic mass is 16.6. The molecule has 6 nitrogen and oxygen atoms in total.